The van der Waals surface area contributed by atoms with Crippen LogP contribution in [0.25, 0.3) is 0 Å². The predicted molar refractivity (Wildman–Crippen MR) is 71.7 cm³/mol. The molecule has 0 aromatic carbocycles. The lowest BCUT2D eigenvalue weighted by Crippen LogP contribution is -2.39. The Balaban J connectivity index is 2.62. The van der Waals surface area contributed by atoms with Crippen LogP contribution in [0.15, 0.2) is 23.1 Å². The van der Waals surface area contributed by atoms with Gasteiger partial charge in [0, 0.05) is 46.8 Å². The molecule has 1 rings (SSSR count). The number of rotatable bonds is 5. The Labute approximate surface area is 108 Å². The number of aromatic nitrogens is 1. The van der Waals surface area contributed by atoms with E-state index in [-0.39, 0.29) is 24.1 Å². The van der Waals surface area contributed by atoms with E-state index in [9.17, 15) is 13.8 Å². The molecule has 18 heavy (non-hydrogen) atoms. The van der Waals surface area contributed by atoms with E-state index in [2.05, 4.69) is 5.32 Å². The van der Waals surface area contributed by atoms with Gasteiger partial charge in [-0.25, -0.2) is 0 Å². The van der Waals surface area contributed by atoms with E-state index in [0.29, 0.717) is 11.4 Å². The first-order valence-corrected chi connectivity index (χ1v) is 7.16. The maximum atomic E-state index is 11.7. The molecule has 0 saturated carbocycles. The van der Waals surface area contributed by atoms with Crippen molar-refractivity contribution < 1.29 is 9.00 Å². The normalized spacial score (nSPS) is 13.9. The van der Waals surface area contributed by atoms with Gasteiger partial charge in [-0.15, -0.1) is 0 Å². The molecule has 1 heterocycles. The summed E-state index contributed by atoms with van der Waals surface area (Å²) in [7, 11) is -0.970. The molecular formula is C11H17N3O3S. The van der Waals surface area contributed by atoms with E-state index in [4.69, 9.17) is 5.73 Å². The van der Waals surface area contributed by atoms with Crippen LogP contribution in [0.2, 0.25) is 0 Å². The average Bonchev–Trinajstić information content (AvgIpc) is 2.21. The van der Waals surface area contributed by atoms with Crippen LogP contribution < -0.4 is 16.6 Å². The van der Waals surface area contributed by atoms with Gasteiger partial charge in [0.2, 0.25) is 5.91 Å². The molecule has 0 saturated heterocycles. The lowest BCUT2D eigenvalue weighted by atomic mass is 10.3. The second-order valence-corrected chi connectivity index (χ2v) is 5.62. The first-order valence-electron chi connectivity index (χ1n) is 5.44. The highest BCUT2D eigenvalue weighted by Crippen LogP contribution is 1.96. The number of nitrogen functional groups attached to an aromatic ring is 1. The third-order valence-electron chi connectivity index (χ3n) is 2.21. The minimum atomic E-state index is -0.970. The van der Waals surface area contributed by atoms with E-state index in [1.54, 1.807) is 13.2 Å². The fourth-order valence-electron chi connectivity index (χ4n) is 1.54. The summed E-state index contributed by atoms with van der Waals surface area (Å²) in [5, 5.41) is 2.67. The Hall–Kier alpha value is -1.63. The van der Waals surface area contributed by atoms with Crippen LogP contribution in [-0.4, -0.2) is 32.7 Å². The molecule has 1 aromatic rings. The molecule has 0 aliphatic rings. The summed E-state index contributed by atoms with van der Waals surface area (Å²) in [5.41, 5.74) is 5.67. The zero-order valence-corrected chi connectivity index (χ0v) is 11.2. The Morgan fingerprint density at radius 3 is 2.83 bits per heavy atom. The average molecular weight is 271 g/mol. The summed E-state index contributed by atoms with van der Waals surface area (Å²) in [6, 6.07) is 2.60. The third kappa shape index (κ3) is 4.70. The van der Waals surface area contributed by atoms with Gasteiger partial charge in [0.05, 0.1) is 0 Å². The van der Waals surface area contributed by atoms with Crippen LogP contribution in [0.4, 0.5) is 5.69 Å². The smallest absolute Gasteiger partial charge is 0.251 e. The SMILES string of the molecule is CC(CS(C)=O)NC(=O)Cn1cc(N)ccc1=O. The van der Waals surface area contributed by atoms with Crippen molar-refractivity contribution in [1.82, 2.24) is 9.88 Å². The molecule has 0 aliphatic heterocycles. The summed E-state index contributed by atoms with van der Waals surface area (Å²) < 4.78 is 12.2. The van der Waals surface area contributed by atoms with Gasteiger partial charge in [0.15, 0.2) is 0 Å². The van der Waals surface area contributed by atoms with Crippen molar-refractivity contribution >= 4 is 22.4 Å². The largest absolute Gasteiger partial charge is 0.398 e. The molecule has 100 valence electrons. The number of nitrogens with zero attached hydrogens (tertiary/aromatic N) is 1. The van der Waals surface area contributed by atoms with E-state index >= 15 is 0 Å². The van der Waals surface area contributed by atoms with Crippen molar-refractivity contribution in [2.75, 3.05) is 17.7 Å². The molecule has 0 spiro atoms. The minimum absolute atomic E-state index is 0.0927. The van der Waals surface area contributed by atoms with Crippen molar-refractivity contribution in [1.29, 1.82) is 0 Å². The van der Waals surface area contributed by atoms with Gasteiger partial charge in [-0.2, -0.15) is 0 Å². The van der Waals surface area contributed by atoms with Crippen LogP contribution in [-0.2, 0) is 22.1 Å². The molecule has 2 atom stereocenters. The lowest BCUT2D eigenvalue weighted by molar-refractivity contribution is -0.122. The van der Waals surface area contributed by atoms with Gasteiger partial charge in [-0.05, 0) is 13.0 Å². The number of amides is 1. The number of pyridine rings is 1. The summed E-state index contributed by atoms with van der Waals surface area (Å²) in [6.07, 6.45) is 3.00. The van der Waals surface area contributed by atoms with E-state index in [1.165, 1.54) is 22.9 Å². The number of hydrogen-bond acceptors (Lipinski definition) is 4. The van der Waals surface area contributed by atoms with Gasteiger partial charge in [0.1, 0.15) is 6.54 Å². The summed E-state index contributed by atoms with van der Waals surface area (Å²) in [5.74, 6) is 0.0815. The van der Waals surface area contributed by atoms with E-state index < -0.39 is 10.8 Å². The third-order valence-corrected chi connectivity index (χ3v) is 3.18. The minimum Gasteiger partial charge on any atom is -0.398 e. The van der Waals surface area contributed by atoms with Crippen LogP contribution in [0, 0.1) is 0 Å². The first-order chi connectivity index (χ1) is 8.38. The predicted octanol–water partition coefficient (Wildman–Crippen LogP) is -0.686. The molecule has 2 unspecified atom stereocenters. The molecule has 0 fully saturated rings. The maximum Gasteiger partial charge on any atom is 0.251 e. The quantitative estimate of drug-likeness (QED) is 0.741. The lowest BCUT2D eigenvalue weighted by Gasteiger charge is -2.13. The second kappa shape index (κ2) is 6.34. The van der Waals surface area contributed by atoms with Crippen molar-refractivity contribution in [3.8, 4) is 0 Å². The van der Waals surface area contributed by atoms with Gasteiger partial charge in [-0.3, -0.25) is 13.8 Å². The van der Waals surface area contributed by atoms with Crippen LogP contribution in [0.1, 0.15) is 6.92 Å². The second-order valence-electron chi connectivity index (χ2n) is 4.14. The molecule has 6 nitrogen and oxygen atoms in total. The molecular weight excluding hydrogens is 254 g/mol. The number of hydrogen-bond donors (Lipinski definition) is 2. The van der Waals surface area contributed by atoms with Crippen LogP contribution >= 0.6 is 0 Å². The van der Waals surface area contributed by atoms with Crippen LogP contribution in [0.5, 0.6) is 0 Å². The Kier molecular flexibility index (Phi) is 5.08. The Morgan fingerprint density at radius 2 is 2.22 bits per heavy atom. The maximum absolute atomic E-state index is 11.7. The monoisotopic (exact) mass is 271 g/mol. The number of nitrogens with one attached hydrogen (secondary N) is 1. The molecule has 1 aromatic heterocycles. The number of anilines is 1. The van der Waals surface area contributed by atoms with Gasteiger partial charge < -0.3 is 15.6 Å². The summed E-state index contributed by atoms with van der Waals surface area (Å²) in [6.45, 7) is 1.67. The molecule has 0 bridgehead atoms. The summed E-state index contributed by atoms with van der Waals surface area (Å²) in [4.78, 5) is 23.1. The van der Waals surface area contributed by atoms with Gasteiger partial charge in [0.25, 0.3) is 5.56 Å². The van der Waals surface area contributed by atoms with Gasteiger partial charge in [-0.1, -0.05) is 0 Å². The van der Waals surface area contributed by atoms with Gasteiger partial charge >= 0.3 is 0 Å². The Bertz CT molecular complexity index is 513. The highest BCUT2D eigenvalue weighted by molar-refractivity contribution is 7.84. The Morgan fingerprint density at radius 1 is 1.56 bits per heavy atom. The molecule has 7 heteroatoms. The van der Waals surface area contributed by atoms with Crippen molar-refractivity contribution in [3.05, 3.63) is 28.7 Å². The van der Waals surface area contributed by atoms with Crippen LogP contribution in [0.3, 0.4) is 0 Å². The summed E-state index contributed by atoms with van der Waals surface area (Å²) >= 11 is 0. The topological polar surface area (TPSA) is 94.2 Å². The number of carbonyl (C=O) groups excluding carboxylic acids is 1. The zero-order valence-electron chi connectivity index (χ0n) is 10.4. The van der Waals surface area contributed by atoms with Crippen molar-refractivity contribution in [3.63, 3.8) is 0 Å². The highest BCUT2D eigenvalue weighted by Gasteiger charge is 2.10. The molecule has 0 aliphatic carbocycles. The molecule has 0 radical (unpaired) electrons. The van der Waals surface area contributed by atoms with Crippen molar-refractivity contribution in [2.24, 2.45) is 0 Å². The number of carbonyl (C=O) groups is 1. The highest BCUT2D eigenvalue weighted by atomic mass is 32.2. The fourth-order valence-corrected chi connectivity index (χ4v) is 2.33. The molecule has 3 N–H and O–H groups in total. The zero-order chi connectivity index (χ0) is 13.7. The van der Waals surface area contributed by atoms with E-state index in [1.807, 2.05) is 0 Å². The molecule has 1 amide bonds. The standard InChI is InChI=1S/C11H17N3O3S/c1-8(7-18(2)17)13-10(15)6-14-5-9(12)3-4-11(14)16/h3-5,8H,6-7,12H2,1-2H3,(H,13,15). The van der Waals surface area contributed by atoms with E-state index in [0.717, 1.165) is 0 Å². The van der Waals surface area contributed by atoms with Crippen molar-refractivity contribution in [2.45, 2.75) is 19.5 Å². The fraction of sp³-hybridized carbons (Fsp3) is 0.455. The number of nitrogens with two attached hydrogens (primary N) is 1. The first kappa shape index (κ1) is 14.4.